The van der Waals surface area contributed by atoms with Gasteiger partial charge in [-0.2, -0.15) is 0 Å². The number of hydrogen-bond donors (Lipinski definition) is 4. The topological polar surface area (TPSA) is 141 Å². The maximum Gasteiger partial charge on any atom is 0.0744 e. The molecule has 4 heterocycles. The molecule has 8 nitrogen and oxygen atoms in total. The minimum atomic E-state index is 0.0370. The second kappa shape index (κ2) is 16.8. The number of ether oxygens (including phenoxy) is 4. The second-order valence-corrected chi connectivity index (χ2v) is 13.0. The van der Waals surface area contributed by atoms with E-state index in [1.54, 1.807) is 0 Å². The molecule has 0 radical (unpaired) electrons. The van der Waals surface area contributed by atoms with E-state index in [1.807, 2.05) is 76.2 Å². The minimum absolute atomic E-state index is 0.0370. The van der Waals surface area contributed by atoms with E-state index in [2.05, 4.69) is 48.5 Å². The molecule has 48 heavy (non-hydrogen) atoms. The van der Waals surface area contributed by atoms with Crippen LogP contribution in [0.4, 0.5) is 0 Å². The summed E-state index contributed by atoms with van der Waals surface area (Å²) in [6.07, 6.45) is 0.555. The second-order valence-electron chi connectivity index (χ2n) is 13.0. The van der Waals surface area contributed by atoms with Crippen molar-refractivity contribution in [2.75, 3.05) is 0 Å². The van der Waals surface area contributed by atoms with Crippen molar-refractivity contribution in [3.63, 3.8) is 0 Å². The molecule has 8 atom stereocenters. The summed E-state index contributed by atoms with van der Waals surface area (Å²) in [5, 5.41) is 0. The summed E-state index contributed by atoms with van der Waals surface area (Å²) >= 11 is 0. The van der Waals surface area contributed by atoms with Crippen molar-refractivity contribution in [3.05, 3.63) is 142 Å². The average Bonchev–Trinajstić information content (AvgIpc) is 3.13. The van der Waals surface area contributed by atoms with Crippen molar-refractivity contribution in [2.45, 2.75) is 103 Å². The van der Waals surface area contributed by atoms with Gasteiger partial charge >= 0.3 is 0 Å². The molecule has 4 aliphatic rings. The molecular weight excluding hydrogens is 600 g/mol. The highest BCUT2D eigenvalue weighted by molar-refractivity contribution is 5.34. The lowest BCUT2D eigenvalue weighted by atomic mass is 9.95. The van der Waals surface area contributed by atoms with Crippen molar-refractivity contribution >= 4 is 0 Å². The van der Waals surface area contributed by atoms with E-state index >= 15 is 0 Å². The summed E-state index contributed by atoms with van der Waals surface area (Å²) in [4.78, 5) is 0. The molecule has 0 bridgehead atoms. The van der Waals surface area contributed by atoms with Crippen LogP contribution in [0.15, 0.2) is 97.1 Å². The van der Waals surface area contributed by atoms with Crippen LogP contribution in [0.25, 0.3) is 0 Å². The Labute approximate surface area is 285 Å². The lowest BCUT2D eigenvalue weighted by Crippen LogP contribution is -2.31. The Hall–Kier alpha value is -3.44. The molecule has 0 spiro atoms. The zero-order valence-electron chi connectivity index (χ0n) is 28.6. The van der Waals surface area contributed by atoms with Crippen molar-refractivity contribution in [1.29, 1.82) is 0 Å². The van der Waals surface area contributed by atoms with Crippen LogP contribution >= 0.6 is 0 Å². The highest BCUT2D eigenvalue weighted by Crippen LogP contribution is 2.29. The highest BCUT2D eigenvalue weighted by Gasteiger charge is 2.25. The Morgan fingerprint density at radius 3 is 0.750 bits per heavy atom. The molecule has 0 aromatic heterocycles. The van der Waals surface area contributed by atoms with E-state index in [0.29, 0.717) is 26.4 Å². The van der Waals surface area contributed by atoms with E-state index < -0.39 is 0 Å². The van der Waals surface area contributed by atoms with Crippen molar-refractivity contribution in [2.24, 2.45) is 22.9 Å². The number of rotatable bonds is 0. The molecule has 0 unspecified atom stereocenters. The summed E-state index contributed by atoms with van der Waals surface area (Å²) < 4.78 is 22.0. The van der Waals surface area contributed by atoms with E-state index in [-0.39, 0.29) is 48.6 Å². The van der Waals surface area contributed by atoms with Crippen molar-refractivity contribution < 1.29 is 18.9 Å². The average molecular weight is 653 g/mol. The molecule has 8 rings (SSSR count). The first-order chi connectivity index (χ1) is 23.2. The van der Waals surface area contributed by atoms with Gasteiger partial charge in [0.25, 0.3) is 0 Å². The Morgan fingerprint density at radius 2 is 0.542 bits per heavy atom. The fourth-order valence-electron chi connectivity index (χ4n) is 6.27. The Bertz CT molecular complexity index is 1380. The minimum Gasteiger partial charge on any atom is -0.372 e. The fraction of sp³-hybridized carbons (Fsp3) is 0.400. The first-order valence-corrected chi connectivity index (χ1v) is 17.0. The molecule has 256 valence electrons. The largest absolute Gasteiger partial charge is 0.372 e. The molecule has 0 fully saturated rings. The fourth-order valence-corrected chi connectivity index (χ4v) is 6.27. The Balaban J connectivity index is 0.000000125. The normalized spacial score (nSPS) is 28.2. The summed E-state index contributed by atoms with van der Waals surface area (Å²) in [5.74, 6) is 0. The van der Waals surface area contributed by atoms with Crippen LogP contribution in [0.5, 0.6) is 0 Å². The van der Waals surface area contributed by atoms with Gasteiger partial charge in [-0.3, -0.25) is 0 Å². The van der Waals surface area contributed by atoms with Crippen LogP contribution in [-0.2, 0) is 45.4 Å². The zero-order valence-corrected chi connectivity index (χ0v) is 28.6. The quantitative estimate of drug-likeness (QED) is 0.171. The highest BCUT2D eigenvalue weighted by atomic mass is 16.5. The maximum atomic E-state index is 5.96. The number of hydrogen-bond acceptors (Lipinski definition) is 8. The number of nitrogens with two attached hydrogens (primary N) is 4. The standard InChI is InChI=1S/4C10H13NO/c4*1-7-10(11)9-5-3-2-4-8(9)6-12-7/h4*2-5,7,10H,6,11H2,1H3/t2*7-,10+;2*7-,10-/m1010/s1. The number of fused-ring (bicyclic) bond motifs is 4. The first kappa shape index (κ1) is 35.9. The van der Waals surface area contributed by atoms with Gasteiger partial charge in [0.2, 0.25) is 0 Å². The lowest BCUT2D eigenvalue weighted by molar-refractivity contribution is 0.0213. The maximum absolute atomic E-state index is 5.96. The number of benzene rings is 4. The predicted molar refractivity (Wildman–Crippen MR) is 190 cm³/mol. The molecule has 0 saturated heterocycles. The zero-order chi connectivity index (χ0) is 34.2. The van der Waals surface area contributed by atoms with Gasteiger partial charge in [-0.1, -0.05) is 97.1 Å². The van der Waals surface area contributed by atoms with Crippen LogP contribution in [0.2, 0.25) is 0 Å². The van der Waals surface area contributed by atoms with Gasteiger partial charge in [0.05, 0.1) is 75.0 Å². The van der Waals surface area contributed by atoms with E-state index in [0.717, 1.165) is 0 Å². The van der Waals surface area contributed by atoms with E-state index in [4.69, 9.17) is 41.9 Å². The van der Waals surface area contributed by atoms with Crippen molar-refractivity contribution in [3.8, 4) is 0 Å². The van der Waals surface area contributed by atoms with Gasteiger partial charge in [-0.05, 0) is 72.2 Å². The monoisotopic (exact) mass is 652 g/mol. The summed E-state index contributed by atoms with van der Waals surface area (Å²) in [6, 6.07) is 32.9. The van der Waals surface area contributed by atoms with Gasteiger partial charge in [-0.15, -0.1) is 0 Å². The van der Waals surface area contributed by atoms with Crippen LogP contribution in [0.1, 0.15) is 96.4 Å². The van der Waals surface area contributed by atoms with E-state index in [1.165, 1.54) is 44.5 Å². The third kappa shape index (κ3) is 8.58. The van der Waals surface area contributed by atoms with Crippen LogP contribution in [0.3, 0.4) is 0 Å². The van der Waals surface area contributed by atoms with Crippen molar-refractivity contribution in [1.82, 2.24) is 0 Å². The van der Waals surface area contributed by atoms with Gasteiger partial charge in [0, 0.05) is 0 Å². The first-order valence-electron chi connectivity index (χ1n) is 17.0. The molecular formula is C40H52N4O4. The third-order valence-electron chi connectivity index (χ3n) is 9.69. The van der Waals surface area contributed by atoms with Gasteiger partial charge in [0.1, 0.15) is 0 Å². The van der Waals surface area contributed by atoms with Crippen LogP contribution in [-0.4, -0.2) is 24.4 Å². The van der Waals surface area contributed by atoms with Gasteiger partial charge in [-0.25, -0.2) is 0 Å². The molecule has 8 N–H and O–H groups in total. The van der Waals surface area contributed by atoms with Crippen LogP contribution in [0, 0.1) is 0 Å². The molecule has 0 aliphatic carbocycles. The van der Waals surface area contributed by atoms with Crippen LogP contribution < -0.4 is 22.9 Å². The van der Waals surface area contributed by atoms with Gasteiger partial charge in [0.15, 0.2) is 0 Å². The van der Waals surface area contributed by atoms with Gasteiger partial charge < -0.3 is 41.9 Å². The summed E-state index contributed by atoms with van der Waals surface area (Å²) in [7, 11) is 0. The smallest absolute Gasteiger partial charge is 0.0744 e. The SMILES string of the molecule is C[C@@H]1OCc2ccccc2[C@@H]1N.C[C@@H]1OCc2ccccc2[C@H]1N.C[C@H]1OCc2ccccc2[C@@H]1N.C[C@H]1OCc2ccccc2[C@H]1N. The summed E-state index contributed by atoms with van der Waals surface area (Å²) in [6.45, 7) is 10.9. The molecule has 0 amide bonds. The Morgan fingerprint density at radius 1 is 0.354 bits per heavy atom. The molecule has 4 aromatic rings. The Kier molecular flexibility index (Phi) is 12.5. The lowest BCUT2D eigenvalue weighted by Gasteiger charge is -2.28. The predicted octanol–water partition coefficient (Wildman–Crippen LogP) is 6.42. The molecule has 4 aromatic carbocycles. The molecule has 8 heteroatoms. The molecule has 0 saturated carbocycles. The third-order valence-corrected chi connectivity index (χ3v) is 9.69. The van der Waals surface area contributed by atoms with E-state index in [9.17, 15) is 0 Å². The molecule has 4 aliphatic heterocycles. The summed E-state index contributed by atoms with van der Waals surface area (Å²) in [5.41, 5.74) is 33.7.